The van der Waals surface area contributed by atoms with Crippen LogP contribution in [0, 0.1) is 6.92 Å². The second-order valence-corrected chi connectivity index (χ2v) is 9.74. The molecule has 11 heteroatoms. The van der Waals surface area contributed by atoms with E-state index < -0.39 is 10.0 Å². The number of anilines is 2. The number of nitrogens with one attached hydrogen (secondary N) is 2. The highest BCUT2D eigenvalue weighted by Crippen LogP contribution is 2.37. The third-order valence-electron chi connectivity index (χ3n) is 4.15. The van der Waals surface area contributed by atoms with Crippen LogP contribution in [0.15, 0.2) is 23.4 Å². The van der Waals surface area contributed by atoms with E-state index in [1.165, 1.54) is 11.8 Å². The predicted octanol–water partition coefficient (Wildman–Crippen LogP) is 2.20. The molecule has 3 rings (SSSR count). The molecule has 1 aliphatic carbocycles. The van der Waals surface area contributed by atoms with Crippen molar-refractivity contribution in [2.24, 2.45) is 0 Å². The Bertz CT molecular complexity index is 939. The summed E-state index contributed by atoms with van der Waals surface area (Å²) < 4.78 is 27.7. The van der Waals surface area contributed by atoms with Crippen LogP contribution in [-0.4, -0.2) is 45.5 Å². The number of nitrogens with zero attached hydrogens (tertiary/aromatic N) is 4. The summed E-state index contributed by atoms with van der Waals surface area (Å²) >= 11 is 1.31. The van der Waals surface area contributed by atoms with E-state index in [9.17, 15) is 13.2 Å². The van der Waals surface area contributed by atoms with Crippen LogP contribution in [0.4, 0.5) is 11.4 Å². The number of carbonyl (C=O) groups is 1. The molecule has 0 radical (unpaired) electrons. The molecular formula is C16H22N6O3S2. The van der Waals surface area contributed by atoms with Crippen molar-refractivity contribution >= 4 is 39.1 Å². The Morgan fingerprint density at radius 2 is 2.15 bits per heavy atom. The summed E-state index contributed by atoms with van der Waals surface area (Å²) in [6.45, 7) is 5.15. The number of benzene rings is 1. The third kappa shape index (κ3) is 4.98. The Morgan fingerprint density at radius 3 is 2.78 bits per heavy atom. The summed E-state index contributed by atoms with van der Waals surface area (Å²) in [5.74, 6) is -0.174. The summed E-state index contributed by atoms with van der Waals surface area (Å²) in [4.78, 5) is 12.5. The van der Waals surface area contributed by atoms with Crippen LogP contribution in [0.5, 0.6) is 0 Å². The molecule has 2 N–H and O–H groups in total. The van der Waals surface area contributed by atoms with Crippen LogP contribution in [0.25, 0.3) is 0 Å². The van der Waals surface area contributed by atoms with Crippen molar-refractivity contribution in [3.05, 3.63) is 23.8 Å². The van der Waals surface area contributed by atoms with Gasteiger partial charge in [0.1, 0.15) is 0 Å². The molecular weight excluding hydrogens is 388 g/mol. The molecule has 0 bridgehead atoms. The number of hydrogen-bond acceptors (Lipinski definition) is 7. The quantitative estimate of drug-likeness (QED) is 0.640. The Balaban J connectivity index is 1.63. The average Bonchev–Trinajstić information content (AvgIpc) is 3.36. The fourth-order valence-electron chi connectivity index (χ4n) is 2.36. The molecule has 1 fully saturated rings. The van der Waals surface area contributed by atoms with Gasteiger partial charge in [0.05, 0.1) is 22.7 Å². The van der Waals surface area contributed by atoms with Gasteiger partial charge in [-0.2, -0.15) is 0 Å². The number of rotatable bonds is 8. The molecule has 1 aromatic heterocycles. The summed E-state index contributed by atoms with van der Waals surface area (Å²) in [6.07, 6.45) is 2.12. The maximum Gasteiger partial charge on any atom is 0.237 e. The molecule has 9 nitrogen and oxygen atoms in total. The fraction of sp³-hybridized carbons (Fsp3) is 0.500. The molecule has 1 amide bonds. The molecule has 2 aromatic rings. The van der Waals surface area contributed by atoms with Gasteiger partial charge in [-0.15, -0.1) is 5.10 Å². The molecule has 146 valence electrons. The summed E-state index contributed by atoms with van der Waals surface area (Å²) in [5.41, 5.74) is 1.83. The number of thioether (sulfide) groups is 1. The van der Waals surface area contributed by atoms with Crippen molar-refractivity contribution in [3.63, 3.8) is 0 Å². The summed E-state index contributed by atoms with van der Waals surface area (Å²) in [7, 11) is -3.34. The van der Waals surface area contributed by atoms with E-state index >= 15 is 0 Å². The van der Waals surface area contributed by atoms with Crippen molar-refractivity contribution in [1.82, 2.24) is 20.2 Å². The minimum Gasteiger partial charge on any atom is -0.325 e. The number of carbonyl (C=O) groups excluding carboxylic acids is 1. The van der Waals surface area contributed by atoms with Crippen LogP contribution in [0.2, 0.25) is 0 Å². The van der Waals surface area contributed by atoms with Crippen LogP contribution in [0.3, 0.4) is 0 Å². The first kappa shape index (κ1) is 19.6. The molecule has 0 aliphatic heterocycles. The first-order valence-corrected chi connectivity index (χ1v) is 11.2. The standard InChI is InChI=1S/C16H22N6O3S2/c1-4-27(24,25)19-14-8-5-12(9-10(14)2)17-15(23)11(3)26-16-18-20-21-22(16)13-6-7-13/h5,8-9,11,13,19H,4,6-7H2,1-3H3,(H,17,23). The van der Waals surface area contributed by atoms with Gasteiger partial charge in [0.25, 0.3) is 0 Å². The molecule has 1 atom stereocenters. The van der Waals surface area contributed by atoms with Gasteiger partial charge in [0.2, 0.25) is 21.1 Å². The van der Waals surface area contributed by atoms with Crippen molar-refractivity contribution in [1.29, 1.82) is 0 Å². The molecule has 1 saturated carbocycles. The number of tetrazole rings is 1. The average molecular weight is 411 g/mol. The molecule has 1 unspecified atom stereocenters. The molecule has 1 aromatic carbocycles. The van der Waals surface area contributed by atoms with E-state index in [-0.39, 0.29) is 16.9 Å². The SMILES string of the molecule is CCS(=O)(=O)Nc1ccc(NC(=O)C(C)Sc2nnnn2C2CC2)cc1C. The Morgan fingerprint density at radius 1 is 1.41 bits per heavy atom. The van der Waals surface area contributed by atoms with Crippen molar-refractivity contribution in [2.45, 2.75) is 50.1 Å². The van der Waals surface area contributed by atoms with Gasteiger partial charge in [0, 0.05) is 5.69 Å². The van der Waals surface area contributed by atoms with E-state index in [1.54, 1.807) is 43.7 Å². The maximum atomic E-state index is 12.5. The first-order valence-electron chi connectivity index (χ1n) is 8.65. The zero-order valence-corrected chi connectivity index (χ0v) is 17.0. The predicted molar refractivity (Wildman–Crippen MR) is 104 cm³/mol. The first-order chi connectivity index (χ1) is 12.8. The van der Waals surface area contributed by atoms with E-state index in [4.69, 9.17) is 0 Å². The topological polar surface area (TPSA) is 119 Å². The molecule has 0 saturated heterocycles. The van der Waals surface area contributed by atoms with Gasteiger partial charge in [-0.3, -0.25) is 9.52 Å². The van der Waals surface area contributed by atoms with Gasteiger partial charge in [-0.05, 0) is 67.8 Å². The lowest BCUT2D eigenvalue weighted by Crippen LogP contribution is -2.23. The van der Waals surface area contributed by atoms with E-state index in [1.807, 2.05) is 0 Å². The normalized spacial score (nSPS) is 15.4. The molecule has 1 heterocycles. The minimum absolute atomic E-state index is 0.00000187. The highest BCUT2D eigenvalue weighted by atomic mass is 32.2. The van der Waals surface area contributed by atoms with Gasteiger partial charge >= 0.3 is 0 Å². The lowest BCUT2D eigenvalue weighted by molar-refractivity contribution is -0.115. The second-order valence-electron chi connectivity index (χ2n) is 6.42. The van der Waals surface area contributed by atoms with Crippen LogP contribution < -0.4 is 10.0 Å². The molecule has 1 aliphatic rings. The van der Waals surface area contributed by atoms with Crippen LogP contribution in [0.1, 0.15) is 38.3 Å². The summed E-state index contributed by atoms with van der Waals surface area (Å²) in [5, 5.41) is 14.8. The Kier molecular flexibility index (Phi) is 5.70. The van der Waals surface area contributed by atoms with Gasteiger partial charge in [-0.25, -0.2) is 13.1 Å². The van der Waals surface area contributed by atoms with Crippen LogP contribution in [-0.2, 0) is 14.8 Å². The highest BCUT2D eigenvalue weighted by molar-refractivity contribution is 8.00. The highest BCUT2D eigenvalue weighted by Gasteiger charge is 2.29. The number of hydrogen-bond donors (Lipinski definition) is 2. The zero-order chi connectivity index (χ0) is 19.6. The van der Waals surface area contributed by atoms with Crippen molar-refractivity contribution in [3.8, 4) is 0 Å². The van der Waals surface area contributed by atoms with E-state index in [0.717, 1.165) is 18.4 Å². The van der Waals surface area contributed by atoms with Crippen molar-refractivity contribution < 1.29 is 13.2 Å². The number of sulfonamides is 1. The van der Waals surface area contributed by atoms with E-state index in [0.29, 0.717) is 22.6 Å². The van der Waals surface area contributed by atoms with Crippen molar-refractivity contribution in [2.75, 3.05) is 15.8 Å². The number of aryl methyl sites for hydroxylation is 1. The van der Waals surface area contributed by atoms with E-state index in [2.05, 4.69) is 25.6 Å². The lowest BCUT2D eigenvalue weighted by Gasteiger charge is -2.14. The fourth-order valence-corrected chi connectivity index (χ4v) is 3.93. The summed E-state index contributed by atoms with van der Waals surface area (Å²) in [6, 6.07) is 5.39. The lowest BCUT2D eigenvalue weighted by atomic mass is 10.2. The maximum absolute atomic E-state index is 12.5. The number of amides is 1. The Labute approximate surface area is 162 Å². The number of aromatic nitrogens is 4. The molecule has 27 heavy (non-hydrogen) atoms. The monoisotopic (exact) mass is 410 g/mol. The zero-order valence-electron chi connectivity index (χ0n) is 15.3. The minimum atomic E-state index is -3.34. The van der Waals surface area contributed by atoms with Crippen LogP contribution >= 0.6 is 11.8 Å². The Hall–Kier alpha value is -2.14. The van der Waals surface area contributed by atoms with Gasteiger partial charge in [0.15, 0.2) is 0 Å². The largest absolute Gasteiger partial charge is 0.325 e. The molecule has 0 spiro atoms. The van der Waals surface area contributed by atoms with Gasteiger partial charge in [-0.1, -0.05) is 11.8 Å². The van der Waals surface area contributed by atoms with Gasteiger partial charge < -0.3 is 5.32 Å². The third-order valence-corrected chi connectivity index (χ3v) is 6.48. The second kappa shape index (κ2) is 7.85. The smallest absolute Gasteiger partial charge is 0.237 e.